The molecule has 0 bridgehead atoms. The summed E-state index contributed by atoms with van der Waals surface area (Å²) in [7, 11) is -4.27. The van der Waals surface area contributed by atoms with Crippen LogP contribution in [0.25, 0.3) is 0 Å². The number of nitrogens with zero attached hydrogens (tertiary/aromatic N) is 1. The van der Waals surface area contributed by atoms with Gasteiger partial charge in [-0.3, -0.25) is 5.10 Å². The van der Waals surface area contributed by atoms with Gasteiger partial charge in [0.2, 0.25) is 0 Å². The van der Waals surface area contributed by atoms with Crippen LogP contribution in [-0.2, 0) is 23.2 Å². The number of fused-ring (bicyclic) bond motifs is 1. The van der Waals surface area contributed by atoms with E-state index in [0.29, 0.717) is 0 Å². The second kappa shape index (κ2) is 5.52. The molecule has 1 aliphatic rings. The van der Waals surface area contributed by atoms with E-state index in [-0.39, 0.29) is 4.90 Å². The zero-order valence-electron chi connectivity index (χ0n) is 10.4. The van der Waals surface area contributed by atoms with E-state index in [2.05, 4.69) is 15.5 Å². The van der Waals surface area contributed by atoms with E-state index in [1.165, 1.54) is 23.4 Å². The average Bonchev–Trinajstić information content (AvgIpc) is 2.91. The minimum absolute atomic E-state index is 0.178. The monoisotopic (exact) mass is 280 g/mol. The van der Waals surface area contributed by atoms with Gasteiger partial charge in [-0.1, -0.05) is 17.7 Å². The van der Waals surface area contributed by atoms with Crippen LogP contribution in [0, 0.1) is 6.92 Å². The number of hydrogen-bond donors (Lipinski definition) is 2. The van der Waals surface area contributed by atoms with Crippen molar-refractivity contribution in [2.24, 2.45) is 0 Å². The van der Waals surface area contributed by atoms with Gasteiger partial charge >= 0.3 is 0 Å². The molecule has 19 heavy (non-hydrogen) atoms. The van der Waals surface area contributed by atoms with Crippen molar-refractivity contribution in [2.75, 3.05) is 0 Å². The summed E-state index contributed by atoms with van der Waals surface area (Å²) in [5.41, 5.74) is 3.48. The molecule has 7 heteroatoms. The van der Waals surface area contributed by atoms with Crippen molar-refractivity contribution in [3.8, 4) is 0 Å². The molecule has 0 amide bonds. The zero-order chi connectivity index (χ0) is 13.9. The molecule has 0 saturated heterocycles. The summed E-state index contributed by atoms with van der Waals surface area (Å²) in [4.78, 5) is -0.178. The predicted molar refractivity (Wildman–Crippen MR) is 68.3 cm³/mol. The highest BCUT2D eigenvalue weighted by Gasteiger charge is 2.09. The quantitative estimate of drug-likeness (QED) is 0.757. The molecule has 0 unspecified atom stereocenters. The summed E-state index contributed by atoms with van der Waals surface area (Å²) >= 11 is 0. The molecule has 6 nitrogen and oxygen atoms in total. The number of aryl methyl sites for hydroxylation is 1. The lowest BCUT2D eigenvalue weighted by atomic mass is 10.2. The summed E-state index contributed by atoms with van der Waals surface area (Å²) in [5, 5.41) is 9.98. The smallest absolute Gasteiger partial charge is 0.124 e. The Labute approximate surface area is 111 Å². The molecular formula is C12H14N3O3S-. The van der Waals surface area contributed by atoms with Crippen LogP contribution in [0.4, 0.5) is 0 Å². The molecule has 2 aromatic rings. The number of hydrogen-bond acceptors (Lipinski definition) is 5. The van der Waals surface area contributed by atoms with Crippen LogP contribution in [0.2, 0.25) is 0 Å². The Bertz CT molecular complexity index is 629. The third-order valence-electron chi connectivity index (χ3n) is 2.73. The first-order valence-electron chi connectivity index (χ1n) is 5.71. The van der Waals surface area contributed by atoms with Gasteiger partial charge in [0.25, 0.3) is 0 Å². The highest BCUT2D eigenvalue weighted by Crippen LogP contribution is 2.09. The van der Waals surface area contributed by atoms with Crippen LogP contribution in [0.5, 0.6) is 0 Å². The van der Waals surface area contributed by atoms with Gasteiger partial charge in [0.05, 0.1) is 16.8 Å². The largest absolute Gasteiger partial charge is 0.744 e. The fourth-order valence-electron chi connectivity index (χ4n) is 1.67. The average molecular weight is 280 g/mol. The molecule has 0 saturated carbocycles. The Kier molecular flexibility index (Phi) is 3.98. The van der Waals surface area contributed by atoms with E-state index >= 15 is 0 Å². The van der Waals surface area contributed by atoms with Gasteiger partial charge in [-0.05, 0) is 19.1 Å². The van der Waals surface area contributed by atoms with E-state index in [4.69, 9.17) is 0 Å². The van der Waals surface area contributed by atoms with Gasteiger partial charge in [0, 0.05) is 18.7 Å². The van der Waals surface area contributed by atoms with Gasteiger partial charge < -0.3 is 9.87 Å². The van der Waals surface area contributed by atoms with Crippen molar-refractivity contribution < 1.29 is 13.0 Å². The van der Waals surface area contributed by atoms with Gasteiger partial charge in [0.15, 0.2) is 0 Å². The topological polar surface area (TPSA) is 97.9 Å². The van der Waals surface area contributed by atoms with Crippen LogP contribution in [0.3, 0.4) is 0 Å². The molecule has 1 aromatic carbocycles. The molecule has 2 N–H and O–H groups in total. The Hall–Kier alpha value is -1.70. The van der Waals surface area contributed by atoms with Crippen LogP contribution in [0.15, 0.2) is 35.4 Å². The first-order chi connectivity index (χ1) is 8.97. The van der Waals surface area contributed by atoms with Gasteiger partial charge in [-0.2, -0.15) is 5.10 Å². The third kappa shape index (κ3) is 3.63. The minimum atomic E-state index is -4.27. The normalized spacial score (nSPS) is 13.6. The zero-order valence-corrected chi connectivity index (χ0v) is 11.2. The lowest BCUT2D eigenvalue weighted by Gasteiger charge is -2.05. The summed E-state index contributed by atoms with van der Waals surface area (Å²) < 4.78 is 31.2. The lowest BCUT2D eigenvalue weighted by Crippen LogP contribution is -2.01. The summed E-state index contributed by atoms with van der Waals surface area (Å²) in [6.07, 6.45) is 1.87. The van der Waals surface area contributed by atoms with Gasteiger partial charge in [-0.15, -0.1) is 0 Å². The maximum atomic E-state index is 10.4. The van der Waals surface area contributed by atoms with Crippen molar-refractivity contribution in [1.29, 1.82) is 0 Å². The van der Waals surface area contributed by atoms with Crippen molar-refractivity contribution in [3.05, 3.63) is 47.3 Å². The van der Waals surface area contributed by atoms with E-state index < -0.39 is 10.1 Å². The fraction of sp³-hybridized carbons (Fsp3) is 0.250. The highest BCUT2D eigenvalue weighted by atomic mass is 32.2. The molecule has 0 fully saturated rings. The Morgan fingerprint density at radius 1 is 1.21 bits per heavy atom. The first-order valence-corrected chi connectivity index (χ1v) is 7.12. The van der Waals surface area contributed by atoms with Crippen LogP contribution < -0.4 is 5.32 Å². The number of benzene rings is 1. The van der Waals surface area contributed by atoms with Crippen LogP contribution >= 0.6 is 0 Å². The molecule has 0 spiro atoms. The number of aromatic nitrogens is 2. The van der Waals surface area contributed by atoms with Crippen LogP contribution in [-0.4, -0.2) is 23.2 Å². The molecular weight excluding hydrogens is 266 g/mol. The number of H-pyrrole nitrogens is 1. The first kappa shape index (κ1) is 13.7. The Morgan fingerprint density at radius 2 is 1.89 bits per heavy atom. The predicted octanol–water partition coefficient (Wildman–Crippen LogP) is 0.912. The van der Waals surface area contributed by atoms with Crippen molar-refractivity contribution in [3.63, 3.8) is 0 Å². The van der Waals surface area contributed by atoms with Crippen molar-refractivity contribution in [2.45, 2.75) is 24.9 Å². The maximum Gasteiger partial charge on any atom is 0.124 e. The lowest BCUT2D eigenvalue weighted by molar-refractivity contribution is 0.463. The molecule has 0 radical (unpaired) electrons. The van der Waals surface area contributed by atoms with Crippen molar-refractivity contribution in [1.82, 2.24) is 15.5 Å². The fourth-order valence-corrected chi connectivity index (χ4v) is 2.14. The molecule has 1 aromatic heterocycles. The third-order valence-corrected chi connectivity index (χ3v) is 3.58. The summed E-state index contributed by atoms with van der Waals surface area (Å²) in [6, 6.07) is 5.78. The maximum absolute atomic E-state index is 10.4. The number of aromatic amines is 1. The second-order valence-electron chi connectivity index (χ2n) is 4.24. The standard InChI is InChI=1S/C7H8O3S.C5H7N3/c1-6-2-4-7(5-3-6)11(8,9)10;1-4-2-7-8-5(4)3-6-1/h2-5H,1H3,(H,8,9,10);2,6H,1,3H2,(H,7,8)/p-1. The molecule has 102 valence electrons. The number of nitrogens with one attached hydrogen (secondary N) is 2. The van der Waals surface area contributed by atoms with Crippen molar-refractivity contribution >= 4 is 10.1 Å². The van der Waals surface area contributed by atoms with E-state index in [1.54, 1.807) is 12.1 Å². The number of rotatable bonds is 1. The summed E-state index contributed by atoms with van der Waals surface area (Å²) in [6.45, 7) is 3.75. The van der Waals surface area contributed by atoms with Crippen LogP contribution in [0.1, 0.15) is 16.8 Å². The summed E-state index contributed by atoms with van der Waals surface area (Å²) in [5.74, 6) is 0. The van der Waals surface area contributed by atoms with E-state index in [9.17, 15) is 13.0 Å². The second-order valence-corrected chi connectivity index (χ2v) is 5.62. The Morgan fingerprint density at radius 3 is 2.47 bits per heavy atom. The SMILES string of the molecule is Cc1ccc(S(=O)(=O)[O-])cc1.c1n[nH]c2c1CNC2. The molecule has 2 heterocycles. The molecule has 1 aliphatic heterocycles. The molecule has 0 atom stereocenters. The van der Waals surface area contributed by atoms with E-state index in [1.807, 2.05) is 13.1 Å². The minimum Gasteiger partial charge on any atom is -0.744 e. The van der Waals surface area contributed by atoms with Gasteiger partial charge in [-0.25, -0.2) is 8.42 Å². The highest BCUT2D eigenvalue weighted by molar-refractivity contribution is 7.85. The molecule has 0 aliphatic carbocycles. The Balaban J connectivity index is 0.000000146. The van der Waals surface area contributed by atoms with Gasteiger partial charge in [0.1, 0.15) is 10.1 Å². The van der Waals surface area contributed by atoms with E-state index in [0.717, 1.165) is 18.7 Å². The molecule has 3 rings (SSSR count).